The molecule has 0 fully saturated rings. The number of rotatable bonds is 10. The van der Waals surface area contributed by atoms with Crippen LogP contribution < -0.4 is 15.8 Å². The number of ether oxygens (including phenoxy) is 1. The van der Waals surface area contributed by atoms with Crippen LogP contribution in [0.25, 0.3) is 0 Å². The molecule has 25 heavy (non-hydrogen) atoms. The van der Waals surface area contributed by atoms with Gasteiger partial charge in [0.25, 0.3) is 0 Å². The molecule has 0 heterocycles. The summed E-state index contributed by atoms with van der Waals surface area (Å²) in [6.45, 7) is 3.18. The van der Waals surface area contributed by atoms with Crippen LogP contribution in [-0.4, -0.2) is 43.6 Å². The Morgan fingerprint density at radius 1 is 1.04 bits per heavy atom. The van der Waals surface area contributed by atoms with Gasteiger partial charge in [0, 0.05) is 19.6 Å². The number of carbonyl (C=O) groups is 1. The van der Waals surface area contributed by atoms with Crippen LogP contribution in [0.5, 0.6) is 5.75 Å². The molecule has 0 aliphatic rings. The van der Waals surface area contributed by atoms with E-state index < -0.39 is 0 Å². The van der Waals surface area contributed by atoms with Crippen molar-refractivity contribution >= 4 is 18.3 Å². The fourth-order valence-corrected chi connectivity index (χ4v) is 2.37. The van der Waals surface area contributed by atoms with E-state index in [0.29, 0.717) is 39.3 Å². The fourth-order valence-electron chi connectivity index (χ4n) is 2.37. The summed E-state index contributed by atoms with van der Waals surface area (Å²) in [5.74, 6) is 0.789. The van der Waals surface area contributed by atoms with Crippen molar-refractivity contribution in [3.8, 4) is 5.75 Å². The Morgan fingerprint density at radius 2 is 1.68 bits per heavy atom. The van der Waals surface area contributed by atoms with Crippen molar-refractivity contribution in [1.29, 1.82) is 0 Å². The zero-order chi connectivity index (χ0) is 17.0. The average molecular weight is 364 g/mol. The molecule has 0 saturated heterocycles. The minimum atomic E-state index is -0.0176. The normalized spacial score (nSPS) is 10.2. The van der Waals surface area contributed by atoms with Gasteiger partial charge in [-0.15, -0.1) is 12.4 Å². The molecule has 5 nitrogen and oxygen atoms in total. The van der Waals surface area contributed by atoms with Gasteiger partial charge >= 0.3 is 0 Å². The third kappa shape index (κ3) is 8.54. The van der Waals surface area contributed by atoms with Crippen molar-refractivity contribution in [2.45, 2.75) is 6.54 Å². The molecular weight excluding hydrogens is 338 g/mol. The fraction of sp³-hybridized carbons (Fsp3) is 0.316. The third-order valence-corrected chi connectivity index (χ3v) is 3.50. The molecule has 0 unspecified atom stereocenters. The van der Waals surface area contributed by atoms with E-state index in [1.54, 1.807) is 0 Å². The summed E-state index contributed by atoms with van der Waals surface area (Å²) in [6.07, 6.45) is 0. The second-order valence-corrected chi connectivity index (χ2v) is 5.50. The Hall–Kier alpha value is -2.08. The van der Waals surface area contributed by atoms with Crippen molar-refractivity contribution in [2.75, 3.05) is 32.8 Å². The summed E-state index contributed by atoms with van der Waals surface area (Å²) in [7, 11) is 0. The third-order valence-electron chi connectivity index (χ3n) is 3.50. The lowest BCUT2D eigenvalue weighted by Crippen LogP contribution is -2.40. The SMILES string of the molecule is Cl.NCCN(CC(=O)NCCOc1ccccc1)Cc1ccccc1. The van der Waals surface area contributed by atoms with Crippen LogP contribution in [0.4, 0.5) is 0 Å². The van der Waals surface area contributed by atoms with E-state index in [9.17, 15) is 4.79 Å². The molecule has 136 valence electrons. The number of amides is 1. The molecule has 0 radical (unpaired) electrons. The Labute approximate surface area is 155 Å². The monoisotopic (exact) mass is 363 g/mol. The number of para-hydroxylation sites is 1. The zero-order valence-electron chi connectivity index (χ0n) is 14.3. The molecule has 1 amide bonds. The molecule has 0 aromatic heterocycles. The maximum Gasteiger partial charge on any atom is 0.234 e. The standard InChI is InChI=1S/C19H25N3O2.ClH/c20-11-13-22(15-17-7-3-1-4-8-17)16-19(23)21-12-14-24-18-9-5-2-6-10-18;/h1-10H,11-16,20H2,(H,21,23);1H. The number of halogens is 1. The Morgan fingerprint density at radius 3 is 2.32 bits per heavy atom. The smallest absolute Gasteiger partial charge is 0.234 e. The van der Waals surface area contributed by atoms with Crippen LogP contribution in [0.2, 0.25) is 0 Å². The van der Waals surface area contributed by atoms with E-state index in [1.807, 2.05) is 53.4 Å². The summed E-state index contributed by atoms with van der Waals surface area (Å²) >= 11 is 0. The number of nitrogens with two attached hydrogens (primary N) is 1. The van der Waals surface area contributed by atoms with E-state index in [4.69, 9.17) is 10.5 Å². The van der Waals surface area contributed by atoms with Gasteiger partial charge in [-0.2, -0.15) is 0 Å². The first kappa shape index (κ1) is 21.0. The maximum absolute atomic E-state index is 12.1. The quantitative estimate of drug-likeness (QED) is 0.634. The summed E-state index contributed by atoms with van der Waals surface area (Å²) in [5.41, 5.74) is 6.82. The van der Waals surface area contributed by atoms with Crippen molar-refractivity contribution in [3.63, 3.8) is 0 Å². The molecular formula is C19H26ClN3O2. The average Bonchev–Trinajstić information content (AvgIpc) is 2.61. The predicted octanol–water partition coefficient (Wildman–Crippen LogP) is 2.06. The highest BCUT2D eigenvalue weighted by atomic mass is 35.5. The van der Waals surface area contributed by atoms with Crippen molar-refractivity contribution in [2.24, 2.45) is 5.73 Å². The predicted molar refractivity (Wildman–Crippen MR) is 103 cm³/mol. The van der Waals surface area contributed by atoms with Gasteiger partial charge in [0.15, 0.2) is 0 Å². The molecule has 0 aliphatic carbocycles. The molecule has 0 aliphatic heterocycles. The first-order valence-electron chi connectivity index (χ1n) is 8.19. The Balaban J connectivity index is 0.00000312. The number of carbonyl (C=O) groups excluding carboxylic acids is 1. The van der Waals surface area contributed by atoms with Crippen LogP contribution in [-0.2, 0) is 11.3 Å². The molecule has 2 rings (SSSR count). The van der Waals surface area contributed by atoms with Crippen LogP contribution in [0.15, 0.2) is 60.7 Å². The van der Waals surface area contributed by atoms with E-state index in [-0.39, 0.29) is 18.3 Å². The van der Waals surface area contributed by atoms with E-state index >= 15 is 0 Å². The zero-order valence-corrected chi connectivity index (χ0v) is 15.1. The van der Waals surface area contributed by atoms with Crippen LogP contribution in [0.3, 0.4) is 0 Å². The Kier molecular flexibility index (Phi) is 10.3. The molecule has 0 atom stereocenters. The lowest BCUT2D eigenvalue weighted by atomic mass is 10.2. The van der Waals surface area contributed by atoms with Gasteiger partial charge in [-0.1, -0.05) is 48.5 Å². The van der Waals surface area contributed by atoms with Gasteiger partial charge in [-0.05, 0) is 17.7 Å². The van der Waals surface area contributed by atoms with Crippen LogP contribution in [0, 0.1) is 0 Å². The van der Waals surface area contributed by atoms with Gasteiger partial charge in [0.05, 0.1) is 13.1 Å². The van der Waals surface area contributed by atoms with Crippen LogP contribution in [0.1, 0.15) is 5.56 Å². The lowest BCUT2D eigenvalue weighted by molar-refractivity contribution is -0.122. The number of hydrogen-bond donors (Lipinski definition) is 2. The summed E-state index contributed by atoms with van der Waals surface area (Å²) in [6, 6.07) is 19.6. The minimum absolute atomic E-state index is 0. The maximum atomic E-state index is 12.1. The second kappa shape index (κ2) is 12.3. The Bertz CT molecular complexity index is 596. The first-order chi connectivity index (χ1) is 11.8. The number of benzene rings is 2. The lowest BCUT2D eigenvalue weighted by Gasteiger charge is -2.21. The highest BCUT2D eigenvalue weighted by molar-refractivity contribution is 5.85. The van der Waals surface area contributed by atoms with Gasteiger partial charge in [-0.3, -0.25) is 9.69 Å². The minimum Gasteiger partial charge on any atom is -0.492 e. The van der Waals surface area contributed by atoms with E-state index in [0.717, 1.165) is 5.75 Å². The first-order valence-corrected chi connectivity index (χ1v) is 8.19. The molecule has 3 N–H and O–H groups in total. The van der Waals surface area contributed by atoms with E-state index in [1.165, 1.54) is 5.56 Å². The van der Waals surface area contributed by atoms with Crippen LogP contribution >= 0.6 is 12.4 Å². The van der Waals surface area contributed by atoms with Gasteiger partial charge in [-0.25, -0.2) is 0 Å². The summed E-state index contributed by atoms with van der Waals surface area (Å²) < 4.78 is 5.56. The molecule has 6 heteroatoms. The number of nitrogens with zero attached hydrogens (tertiary/aromatic N) is 1. The summed E-state index contributed by atoms with van der Waals surface area (Å²) in [4.78, 5) is 14.1. The molecule has 0 spiro atoms. The van der Waals surface area contributed by atoms with Gasteiger partial charge in [0.2, 0.25) is 5.91 Å². The highest BCUT2D eigenvalue weighted by Gasteiger charge is 2.10. The largest absolute Gasteiger partial charge is 0.492 e. The highest BCUT2D eigenvalue weighted by Crippen LogP contribution is 2.07. The topological polar surface area (TPSA) is 67.6 Å². The second-order valence-electron chi connectivity index (χ2n) is 5.50. The van der Waals surface area contributed by atoms with E-state index in [2.05, 4.69) is 17.4 Å². The molecule has 0 saturated carbocycles. The molecule has 2 aromatic carbocycles. The molecule has 0 bridgehead atoms. The van der Waals surface area contributed by atoms with Gasteiger partial charge < -0.3 is 15.8 Å². The summed E-state index contributed by atoms with van der Waals surface area (Å²) in [5, 5.41) is 2.88. The van der Waals surface area contributed by atoms with Crippen molar-refractivity contribution < 1.29 is 9.53 Å². The number of hydrogen-bond acceptors (Lipinski definition) is 4. The van der Waals surface area contributed by atoms with Crippen molar-refractivity contribution in [3.05, 3.63) is 66.2 Å². The molecule has 2 aromatic rings. The number of nitrogens with one attached hydrogen (secondary N) is 1. The van der Waals surface area contributed by atoms with Crippen molar-refractivity contribution in [1.82, 2.24) is 10.2 Å². The van der Waals surface area contributed by atoms with Gasteiger partial charge in [0.1, 0.15) is 12.4 Å².